The van der Waals surface area contributed by atoms with Crippen LogP contribution in [0.3, 0.4) is 0 Å². The molecule has 0 N–H and O–H groups in total. The van der Waals surface area contributed by atoms with E-state index in [9.17, 15) is 13.2 Å². The zero-order chi connectivity index (χ0) is 21.5. The lowest BCUT2D eigenvalue weighted by molar-refractivity contribution is -0.0457. The summed E-state index contributed by atoms with van der Waals surface area (Å²) in [5, 5.41) is 1.04. The third-order valence-corrected chi connectivity index (χ3v) is 7.88. The van der Waals surface area contributed by atoms with E-state index < -0.39 is 10.2 Å². The van der Waals surface area contributed by atoms with Gasteiger partial charge in [-0.05, 0) is 32.9 Å². The number of benzene rings is 1. The molecule has 1 aromatic carbocycles. The van der Waals surface area contributed by atoms with E-state index in [0.717, 1.165) is 10.9 Å². The number of piperazine rings is 1. The molecule has 2 aliphatic heterocycles. The Labute approximate surface area is 178 Å². The highest BCUT2D eigenvalue weighted by Gasteiger charge is 2.37. The van der Waals surface area contributed by atoms with Gasteiger partial charge in [-0.2, -0.15) is 17.0 Å². The van der Waals surface area contributed by atoms with Crippen molar-refractivity contribution in [2.75, 3.05) is 39.3 Å². The van der Waals surface area contributed by atoms with Gasteiger partial charge in [-0.25, -0.2) is 0 Å². The van der Waals surface area contributed by atoms with E-state index in [-0.39, 0.29) is 18.1 Å². The third-order valence-electron chi connectivity index (χ3n) is 5.91. The summed E-state index contributed by atoms with van der Waals surface area (Å²) in [6, 6.07) is 9.89. The van der Waals surface area contributed by atoms with Crippen molar-refractivity contribution < 1.29 is 17.9 Å². The maximum absolute atomic E-state index is 13.2. The van der Waals surface area contributed by atoms with Crippen LogP contribution in [0.4, 0.5) is 0 Å². The van der Waals surface area contributed by atoms with Crippen molar-refractivity contribution >= 4 is 27.0 Å². The number of carbonyl (C=O) groups excluding carboxylic acids is 1. The molecule has 2 fully saturated rings. The highest BCUT2D eigenvalue weighted by molar-refractivity contribution is 7.86. The summed E-state index contributed by atoms with van der Waals surface area (Å²) in [6.45, 7) is 8.63. The van der Waals surface area contributed by atoms with E-state index >= 15 is 0 Å². The summed E-state index contributed by atoms with van der Waals surface area (Å²) in [7, 11) is -3.55. The molecular weight excluding hydrogens is 404 g/mol. The van der Waals surface area contributed by atoms with Gasteiger partial charge in [0.25, 0.3) is 16.1 Å². The zero-order valence-electron chi connectivity index (χ0n) is 17.8. The summed E-state index contributed by atoms with van der Waals surface area (Å²) in [4.78, 5) is 15.0. The molecular formula is C21H30N4O4S. The van der Waals surface area contributed by atoms with Gasteiger partial charge in [0, 0.05) is 56.7 Å². The molecule has 0 saturated carbocycles. The van der Waals surface area contributed by atoms with Crippen LogP contribution >= 0.6 is 0 Å². The minimum absolute atomic E-state index is 0.0429. The first-order valence-corrected chi connectivity index (χ1v) is 12.0. The van der Waals surface area contributed by atoms with Crippen LogP contribution < -0.4 is 0 Å². The number of morpholine rings is 1. The SMILES string of the molecule is CCn1c(C(=O)N2CCN(S(=O)(=O)N3CC(C)OC(C)C3)CC2)cc2ccccc21. The number of hydrogen-bond acceptors (Lipinski definition) is 4. The second kappa shape index (κ2) is 8.30. The number of nitrogens with zero attached hydrogens (tertiary/aromatic N) is 4. The largest absolute Gasteiger partial charge is 0.373 e. The lowest BCUT2D eigenvalue weighted by Gasteiger charge is -2.40. The third kappa shape index (κ3) is 3.87. The molecule has 0 aliphatic carbocycles. The predicted molar refractivity (Wildman–Crippen MR) is 116 cm³/mol. The van der Waals surface area contributed by atoms with Gasteiger partial charge < -0.3 is 14.2 Å². The van der Waals surface area contributed by atoms with Gasteiger partial charge in [0.05, 0.1) is 12.2 Å². The van der Waals surface area contributed by atoms with E-state index in [2.05, 4.69) is 0 Å². The highest BCUT2D eigenvalue weighted by Crippen LogP contribution is 2.23. The zero-order valence-corrected chi connectivity index (χ0v) is 18.6. The van der Waals surface area contributed by atoms with Crippen molar-refractivity contribution in [2.45, 2.75) is 39.5 Å². The fraction of sp³-hybridized carbons (Fsp3) is 0.571. The van der Waals surface area contributed by atoms with Gasteiger partial charge in [-0.3, -0.25) is 4.79 Å². The van der Waals surface area contributed by atoms with Crippen molar-refractivity contribution in [3.8, 4) is 0 Å². The molecule has 0 bridgehead atoms. The maximum atomic E-state index is 13.2. The van der Waals surface area contributed by atoms with Crippen LogP contribution in [-0.2, 0) is 21.5 Å². The van der Waals surface area contributed by atoms with Crippen LogP contribution in [-0.4, -0.2) is 83.9 Å². The number of para-hydroxylation sites is 1. The molecule has 2 aliphatic rings. The normalized spacial score (nSPS) is 24.4. The molecule has 3 heterocycles. The van der Waals surface area contributed by atoms with Crippen LogP contribution in [0, 0.1) is 0 Å². The maximum Gasteiger partial charge on any atom is 0.282 e. The number of ether oxygens (including phenoxy) is 1. The van der Waals surface area contributed by atoms with Gasteiger partial charge in [-0.15, -0.1) is 0 Å². The van der Waals surface area contributed by atoms with Crippen molar-refractivity contribution in [2.24, 2.45) is 0 Å². The topological polar surface area (TPSA) is 75.1 Å². The molecule has 9 heteroatoms. The minimum Gasteiger partial charge on any atom is -0.373 e. The Bertz CT molecular complexity index is 1020. The van der Waals surface area contributed by atoms with Crippen LogP contribution in [0.15, 0.2) is 30.3 Å². The molecule has 8 nitrogen and oxygen atoms in total. The van der Waals surface area contributed by atoms with E-state index in [0.29, 0.717) is 51.5 Å². The average Bonchev–Trinajstić information content (AvgIpc) is 3.11. The number of amides is 1. The van der Waals surface area contributed by atoms with E-state index in [1.165, 1.54) is 8.61 Å². The summed E-state index contributed by atoms with van der Waals surface area (Å²) < 4.78 is 36.9. The first-order valence-electron chi connectivity index (χ1n) is 10.6. The van der Waals surface area contributed by atoms with E-state index in [4.69, 9.17) is 4.74 Å². The van der Waals surface area contributed by atoms with Gasteiger partial charge in [0.1, 0.15) is 5.69 Å². The van der Waals surface area contributed by atoms with E-state index in [1.807, 2.05) is 55.7 Å². The van der Waals surface area contributed by atoms with Gasteiger partial charge in [-0.1, -0.05) is 18.2 Å². The Balaban J connectivity index is 1.46. The van der Waals surface area contributed by atoms with Crippen LogP contribution in [0.2, 0.25) is 0 Å². The molecule has 2 saturated heterocycles. The molecule has 2 unspecified atom stereocenters. The molecule has 4 rings (SSSR count). The fourth-order valence-electron chi connectivity index (χ4n) is 4.49. The molecule has 2 aromatic rings. The highest BCUT2D eigenvalue weighted by atomic mass is 32.2. The first-order chi connectivity index (χ1) is 14.3. The molecule has 0 radical (unpaired) electrons. The van der Waals surface area contributed by atoms with Gasteiger partial charge in [0.15, 0.2) is 0 Å². The molecule has 1 aromatic heterocycles. The van der Waals surface area contributed by atoms with Crippen LogP contribution in [0.5, 0.6) is 0 Å². The van der Waals surface area contributed by atoms with Crippen LogP contribution in [0.25, 0.3) is 10.9 Å². The number of carbonyl (C=O) groups is 1. The molecule has 1 amide bonds. The van der Waals surface area contributed by atoms with Crippen molar-refractivity contribution in [3.63, 3.8) is 0 Å². The number of hydrogen-bond donors (Lipinski definition) is 0. The second-order valence-corrected chi connectivity index (χ2v) is 10.0. The number of fused-ring (bicyclic) bond motifs is 1. The lowest BCUT2D eigenvalue weighted by Crippen LogP contribution is -2.57. The molecule has 2 atom stereocenters. The minimum atomic E-state index is -3.55. The number of aromatic nitrogens is 1. The number of rotatable bonds is 4. The Kier molecular flexibility index (Phi) is 5.89. The Morgan fingerprint density at radius 1 is 1.03 bits per heavy atom. The Morgan fingerprint density at radius 2 is 1.67 bits per heavy atom. The molecule has 164 valence electrons. The van der Waals surface area contributed by atoms with Crippen molar-refractivity contribution in [1.29, 1.82) is 0 Å². The van der Waals surface area contributed by atoms with Crippen molar-refractivity contribution in [3.05, 3.63) is 36.0 Å². The molecule has 30 heavy (non-hydrogen) atoms. The summed E-state index contributed by atoms with van der Waals surface area (Å²) >= 11 is 0. The summed E-state index contributed by atoms with van der Waals surface area (Å²) in [5.74, 6) is -0.0429. The van der Waals surface area contributed by atoms with Gasteiger partial charge >= 0.3 is 0 Å². The fourth-order valence-corrected chi connectivity index (χ4v) is 6.24. The number of aryl methyl sites for hydroxylation is 1. The van der Waals surface area contributed by atoms with E-state index in [1.54, 1.807) is 4.90 Å². The standard InChI is InChI=1S/C21H30N4O4S/c1-4-25-19-8-6-5-7-18(19)13-20(25)21(26)22-9-11-23(12-10-22)30(27,28)24-14-16(2)29-17(3)15-24/h5-8,13,16-17H,4,9-12,14-15H2,1-3H3. The lowest BCUT2D eigenvalue weighted by atomic mass is 10.2. The second-order valence-electron chi connectivity index (χ2n) is 8.11. The van der Waals surface area contributed by atoms with Crippen LogP contribution in [0.1, 0.15) is 31.3 Å². The smallest absolute Gasteiger partial charge is 0.282 e. The van der Waals surface area contributed by atoms with Crippen molar-refractivity contribution in [1.82, 2.24) is 18.1 Å². The summed E-state index contributed by atoms with van der Waals surface area (Å²) in [5.41, 5.74) is 1.70. The molecule has 0 spiro atoms. The predicted octanol–water partition coefficient (Wildman–Crippen LogP) is 1.77. The average molecular weight is 435 g/mol. The first kappa shape index (κ1) is 21.3. The summed E-state index contributed by atoms with van der Waals surface area (Å²) in [6.07, 6.45) is -0.246. The van der Waals surface area contributed by atoms with Gasteiger partial charge in [0.2, 0.25) is 0 Å². The Hall–Kier alpha value is -1.94. The monoisotopic (exact) mass is 434 g/mol. The quantitative estimate of drug-likeness (QED) is 0.735. The Morgan fingerprint density at radius 3 is 2.30 bits per heavy atom.